The zero-order valence-corrected chi connectivity index (χ0v) is 12.2. The van der Waals surface area contributed by atoms with Gasteiger partial charge in [0, 0.05) is 12.6 Å². The summed E-state index contributed by atoms with van der Waals surface area (Å²) in [6, 6.07) is 7.39. The number of nitrogens with one attached hydrogen (secondary N) is 1. The summed E-state index contributed by atoms with van der Waals surface area (Å²) >= 11 is 0. The molecule has 0 aliphatic rings. The molecule has 0 saturated heterocycles. The molecule has 5 heteroatoms. The Labute approximate surface area is 119 Å². The Kier molecular flexibility index (Phi) is 6.03. The van der Waals surface area contributed by atoms with E-state index in [0.717, 1.165) is 11.1 Å². The SMILES string of the molecule is CCC(C)N(CC(=O)O)C(=O)NCc1cccc(C)c1. The molecule has 1 atom stereocenters. The summed E-state index contributed by atoms with van der Waals surface area (Å²) in [6.45, 7) is 5.87. The molecule has 20 heavy (non-hydrogen) atoms. The number of carboxylic acids is 1. The fourth-order valence-corrected chi connectivity index (χ4v) is 1.90. The number of carbonyl (C=O) groups excluding carboxylic acids is 1. The highest BCUT2D eigenvalue weighted by molar-refractivity contribution is 5.80. The van der Waals surface area contributed by atoms with Crippen molar-refractivity contribution in [3.05, 3.63) is 35.4 Å². The van der Waals surface area contributed by atoms with E-state index in [9.17, 15) is 9.59 Å². The van der Waals surface area contributed by atoms with E-state index in [4.69, 9.17) is 5.11 Å². The highest BCUT2D eigenvalue weighted by Crippen LogP contribution is 2.06. The normalized spacial score (nSPS) is 11.8. The molecule has 0 saturated carbocycles. The summed E-state index contributed by atoms with van der Waals surface area (Å²) in [7, 11) is 0. The van der Waals surface area contributed by atoms with E-state index in [2.05, 4.69) is 5.32 Å². The van der Waals surface area contributed by atoms with E-state index < -0.39 is 5.97 Å². The van der Waals surface area contributed by atoms with E-state index in [1.807, 2.05) is 45.0 Å². The summed E-state index contributed by atoms with van der Waals surface area (Å²) in [5, 5.41) is 11.6. The number of nitrogens with zero attached hydrogens (tertiary/aromatic N) is 1. The van der Waals surface area contributed by atoms with Crippen LogP contribution in [0.15, 0.2) is 24.3 Å². The number of amides is 2. The zero-order valence-electron chi connectivity index (χ0n) is 12.2. The number of hydrogen-bond donors (Lipinski definition) is 2. The van der Waals surface area contributed by atoms with Crippen molar-refractivity contribution >= 4 is 12.0 Å². The number of hydrogen-bond acceptors (Lipinski definition) is 2. The smallest absolute Gasteiger partial charge is 0.323 e. The Bertz CT molecular complexity index is 474. The molecule has 0 spiro atoms. The molecule has 2 amide bonds. The standard InChI is InChI=1S/C15H22N2O3/c1-4-12(3)17(10-14(18)19)15(20)16-9-13-7-5-6-11(2)8-13/h5-8,12H,4,9-10H2,1-3H3,(H,16,20)(H,18,19). The fourth-order valence-electron chi connectivity index (χ4n) is 1.90. The predicted molar refractivity (Wildman–Crippen MR) is 77.5 cm³/mol. The monoisotopic (exact) mass is 278 g/mol. The molecule has 0 aliphatic heterocycles. The van der Waals surface area contributed by atoms with Crippen molar-refractivity contribution < 1.29 is 14.7 Å². The van der Waals surface area contributed by atoms with Gasteiger partial charge in [-0.3, -0.25) is 4.79 Å². The third-order valence-electron chi connectivity index (χ3n) is 3.22. The highest BCUT2D eigenvalue weighted by Gasteiger charge is 2.21. The number of benzene rings is 1. The Morgan fingerprint density at radius 2 is 2.10 bits per heavy atom. The first-order valence-corrected chi connectivity index (χ1v) is 6.75. The van der Waals surface area contributed by atoms with Gasteiger partial charge in [-0.25, -0.2) is 4.79 Å². The zero-order chi connectivity index (χ0) is 15.1. The van der Waals surface area contributed by atoms with Gasteiger partial charge in [0.2, 0.25) is 0 Å². The predicted octanol–water partition coefficient (Wildman–Crippen LogP) is 2.39. The molecule has 0 bridgehead atoms. The van der Waals surface area contributed by atoms with Crippen LogP contribution in [0, 0.1) is 6.92 Å². The number of carbonyl (C=O) groups is 2. The van der Waals surface area contributed by atoms with E-state index in [-0.39, 0.29) is 18.6 Å². The van der Waals surface area contributed by atoms with Gasteiger partial charge in [0.05, 0.1) is 0 Å². The van der Waals surface area contributed by atoms with Crippen molar-refractivity contribution in [1.29, 1.82) is 0 Å². The fraction of sp³-hybridized carbons (Fsp3) is 0.467. The lowest BCUT2D eigenvalue weighted by molar-refractivity contribution is -0.138. The third-order valence-corrected chi connectivity index (χ3v) is 3.22. The molecule has 2 N–H and O–H groups in total. The van der Waals surface area contributed by atoms with Gasteiger partial charge in [-0.05, 0) is 25.8 Å². The quantitative estimate of drug-likeness (QED) is 0.839. The van der Waals surface area contributed by atoms with Crippen LogP contribution in [0.3, 0.4) is 0 Å². The van der Waals surface area contributed by atoms with Gasteiger partial charge in [0.25, 0.3) is 0 Å². The van der Waals surface area contributed by atoms with Crippen LogP contribution in [0.4, 0.5) is 4.79 Å². The summed E-state index contributed by atoms with van der Waals surface area (Å²) in [4.78, 5) is 24.3. The second-order valence-electron chi connectivity index (χ2n) is 4.93. The molecule has 1 unspecified atom stereocenters. The summed E-state index contributed by atoms with van der Waals surface area (Å²) in [5.41, 5.74) is 2.12. The molecule has 1 aromatic rings. The van der Waals surface area contributed by atoms with Gasteiger partial charge >= 0.3 is 12.0 Å². The number of rotatable bonds is 6. The molecule has 0 radical (unpaired) electrons. The first-order chi connectivity index (χ1) is 9.43. The minimum Gasteiger partial charge on any atom is -0.480 e. The van der Waals surface area contributed by atoms with E-state index in [1.54, 1.807) is 0 Å². The Hall–Kier alpha value is -2.04. The second-order valence-corrected chi connectivity index (χ2v) is 4.93. The molecule has 0 aromatic heterocycles. The first-order valence-electron chi connectivity index (χ1n) is 6.75. The minimum absolute atomic E-state index is 0.108. The van der Waals surface area contributed by atoms with Gasteiger partial charge < -0.3 is 15.3 Å². The Morgan fingerprint density at radius 1 is 1.40 bits per heavy atom. The van der Waals surface area contributed by atoms with Crippen molar-refractivity contribution in [2.75, 3.05) is 6.54 Å². The number of aryl methyl sites for hydroxylation is 1. The van der Waals surface area contributed by atoms with Crippen molar-refractivity contribution in [2.24, 2.45) is 0 Å². The molecule has 5 nitrogen and oxygen atoms in total. The number of carboxylic acid groups (broad SMARTS) is 1. The third kappa shape index (κ3) is 4.91. The number of urea groups is 1. The molecule has 0 fully saturated rings. The van der Waals surface area contributed by atoms with E-state index >= 15 is 0 Å². The Balaban J connectivity index is 2.64. The van der Waals surface area contributed by atoms with E-state index in [1.165, 1.54) is 4.90 Å². The van der Waals surface area contributed by atoms with Crippen LogP contribution >= 0.6 is 0 Å². The molecule has 1 rings (SSSR count). The van der Waals surface area contributed by atoms with Gasteiger partial charge in [-0.1, -0.05) is 36.8 Å². The van der Waals surface area contributed by atoms with Crippen LogP contribution in [0.5, 0.6) is 0 Å². The van der Waals surface area contributed by atoms with Crippen molar-refractivity contribution in [3.63, 3.8) is 0 Å². The maximum atomic E-state index is 12.1. The molecular weight excluding hydrogens is 256 g/mol. The first kappa shape index (κ1) is 16.0. The largest absolute Gasteiger partial charge is 0.480 e. The molecule has 0 aliphatic carbocycles. The van der Waals surface area contributed by atoms with Crippen molar-refractivity contribution in [1.82, 2.24) is 10.2 Å². The van der Waals surface area contributed by atoms with Crippen molar-refractivity contribution in [3.8, 4) is 0 Å². The van der Waals surface area contributed by atoms with Gasteiger partial charge in [-0.2, -0.15) is 0 Å². The minimum atomic E-state index is -1.00. The lowest BCUT2D eigenvalue weighted by Crippen LogP contribution is -2.47. The van der Waals surface area contributed by atoms with Gasteiger partial charge in [-0.15, -0.1) is 0 Å². The summed E-state index contributed by atoms with van der Waals surface area (Å²) < 4.78 is 0. The van der Waals surface area contributed by atoms with Crippen LogP contribution in [-0.2, 0) is 11.3 Å². The molecule has 110 valence electrons. The average Bonchev–Trinajstić information content (AvgIpc) is 2.41. The van der Waals surface area contributed by atoms with Gasteiger partial charge in [0.15, 0.2) is 0 Å². The van der Waals surface area contributed by atoms with Crippen LogP contribution < -0.4 is 5.32 Å². The van der Waals surface area contributed by atoms with Crippen LogP contribution in [-0.4, -0.2) is 34.6 Å². The Morgan fingerprint density at radius 3 is 2.65 bits per heavy atom. The van der Waals surface area contributed by atoms with Crippen molar-refractivity contribution in [2.45, 2.75) is 39.8 Å². The highest BCUT2D eigenvalue weighted by atomic mass is 16.4. The van der Waals surface area contributed by atoms with Crippen LogP contribution in [0.2, 0.25) is 0 Å². The summed E-state index contributed by atoms with van der Waals surface area (Å²) in [5.74, 6) is -1.00. The molecular formula is C15H22N2O3. The topological polar surface area (TPSA) is 69.6 Å². The van der Waals surface area contributed by atoms with E-state index in [0.29, 0.717) is 13.0 Å². The lowest BCUT2D eigenvalue weighted by atomic mass is 10.1. The summed E-state index contributed by atoms with van der Waals surface area (Å²) in [6.07, 6.45) is 0.713. The lowest BCUT2D eigenvalue weighted by Gasteiger charge is -2.27. The maximum Gasteiger partial charge on any atom is 0.323 e. The number of aliphatic carboxylic acids is 1. The van der Waals surface area contributed by atoms with Crippen LogP contribution in [0.1, 0.15) is 31.4 Å². The molecule has 1 aromatic carbocycles. The van der Waals surface area contributed by atoms with Crippen LogP contribution in [0.25, 0.3) is 0 Å². The average molecular weight is 278 g/mol. The second kappa shape index (κ2) is 7.53. The maximum absolute atomic E-state index is 12.1. The molecule has 0 heterocycles. The van der Waals surface area contributed by atoms with Gasteiger partial charge in [0.1, 0.15) is 6.54 Å².